The Kier molecular flexibility index (Phi) is 6.43. The minimum atomic E-state index is -0.332. The van der Waals surface area contributed by atoms with Gasteiger partial charge in [0.1, 0.15) is 5.82 Å². The number of halogens is 2. The molecule has 0 aliphatic heterocycles. The van der Waals surface area contributed by atoms with Crippen molar-refractivity contribution in [1.82, 2.24) is 10.3 Å². The van der Waals surface area contributed by atoms with Crippen molar-refractivity contribution >= 4 is 44.4 Å². The second-order valence-corrected chi connectivity index (χ2v) is 7.85. The summed E-state index contributed by atoms with van der Waals surface area (Å²) in [4.78, 5) is 20.5. The van der Waals surface area contributed by atoms with E-state index in [9.17, 15) is 9.18 Å². The highest BCUT2D eigenvalue weighted by atomic mass is 79.9. The largest absolute Gasteiger partial charge is 0.361 e. The molecule has 1 heterocycles. The van der Waals surface area contributed by atoms with Crippen molar-refractivity contribution < 1.29 is 9.18 Å². The molecule has 156 valence electrons. The van der Waals surface area contributed by atoms with Crippen LogP contribution in [0, 0.1) is 5.82 Å². The maximum atomic E-state index is 13.2. The number of nitrogens with one attached hydrogen (secondary N) is 3. The third-order valence-electron chi connectivity index (χ3n) is 4.75. The van der Waals surface area contributed by atoms with Gasteiger partial charge in [-0.25, -0.2) is 4.39 Å². The summed E-state index contributed by atoms with van der Waals surface area (Å²) in [6.45, 7) is 0.462. The average molecular weight is 479 g/mol. The average Bonchev–Trinajstić information content (AvgIpc) is 3.18. The summed E-state index contributed by atoms with van der Waals surface area (Å²) in [5.74, 6) is -0.320. The Morgan fingerprint density at radius 1 is 1.03 bits per heavy atom. The molecular weight excluding hydrogens is 459 g/mol. The van der Waals surface area contributed by atoms with Crippen molar-refractivity contribution in [2.75, 3.05) is 11.9 Å². The molecule has 0 atom stereocenters. The molecule has 0 bridgehead atoms. The number of para-hydroxylation sites is 1. The van der Waals surface area contributed by atoms with E-state index in [1.807, 2.05) is 30.5 Å². The molecule has 7 heteroatoms. The molecule has 0 aliphatic carbocycles. The summed E-state index contributed by atoms with van der Waals surface area (Å²) in [7, 11) is 0. The van der Waals surface area contributed by atoms with E-state index in [1.54, 1.807) is 30.3 Å². The molecule has 0 saturated carbocycles. The first-order valence-corrected chi connectivity index (χ1v) is 10.6. The molecule has 4 rings (SSSR count). The van der Waals surface area contributed by atoms with E-state index >= 15 is 0 Å². The molecule has 1 amide bonds. The van der Waals surface area contributed by atoms with Gasteiger partial charge in [0.2, 0.25) is 5.96 Å². The molecule has 0 aliphatic rings. The quantitative estimate of drug-likeness (QED) is 0.261. The molecule has 0 radical (unpaired) electrons. The molecule has 0 saturated heterocycles. The number of carbonyl (C=O) groups excluding carboxylic acids is 1. The van der Waals surface area contributed by atoms with Gasteiger partial charge in [-0.15, -0.1) is 0 Å². The van der Waals surface area contributed by atoms with Gasteiger partial charge in [0.05, 0.1) is 0 Å². The van der Waals surface area contributed by atoms with Gasteiger partial charge in [-0.1, -0.05) is 40.2 Å². The van der Waals surface area contributed by atoms with Crippen LogP contribution in [0.4, 0.5) is 10.1 Å². The molecule has 5 nitrogen and oxygen atoms in total. The fraction of sp³-hybridized carbons (Fsp3) is 0.0833. The fourth-order valence-corrected chi connectivity index (χ4v) is 3.62. The van der Waals surface area contributed by atoms with Crippen LogP contribution in [-0.4, -0.2) is 23.4 Å². The number of guanidine groups is 1. The zero-order valence-electron chi connectivity index (χ0n) is 16.5. The third kappa shape index (κ3) is 5.38. The number of carbonyl (C=O) groups is 1. The predicted molar refractivity (Wildman–Crippen MR) is 126 cm³/mol. The van der Waals surface area contributed by atoms with E-state index in [4.69, 9.17) is 0 Å². The van der Waals surface area contributed by atoms with Crippen LogP contribution < -0.4 is 10.6 Å². The number of hydrogen-bond donors (Lipinski definition) is 3. The number of nitrogens with zero attached hydrogens (tertiary/aromatic N) is 1. The first-order chi connectivity index (χ1) is 15.1. The van der Waals surface area contributed by atoms with Gasteiger partial charge < -0.3 is 10.3 Å². The number of anilines is 1. The summed E-state index contributed by atoms with van der Waals surface area (Å²) in [5, 5.41) is 7.05. The van der Waals surface area contributed by atoms with E-state index in [0.29, 0.717) is 30.2 Å². The van der Waals surface area contributed by atoms with Crippen molar-refractivity contribution in [3.8, 4) is 0 Å². The Morgan fingerprint density at radius 2 is 1.84 bits per heavy atom. The number of hydrogen-bond acceptors (Lipinski definition) is 2. The number of aromatic amines is 1. The Morgan fingerprint density at radius 3 is 2.65 bits per heavy atom. The molecular formula is C24H20BrFN4O. The highest BCUT2D eigenvalue weighted by Gasteiger charge is 2.10. The molecule has 3 N–H and O–H groups in total. The van der Waals surface area contributed by atoms with E-state index in [0.717, 1.165) is 20.9 Å². The van der Waals surface area contributed by atoms with Crippen molar-refractivity contribution in [1.29, 1.82) is 0 Å². The van der Waals surface area contributed by atoms with Gasteiger partial charge in [0.25, 0.3) is 5.91 Å². The lowest BCUT2D eigenvalue weighted by Gasteiger charge is -2.12. The third-order valence-corrected chi connectivity index (χ3v) is 5.24. The molecule has 1 aromatic heterocycles. The Balaban J connectivity index is 1.51. The standard InChI is InChI=1S/C24H20BrFN4O/c25-18-5-3-4-16(14-18)23(31)30-24(29-20-10-8-19(26)9-11-20)27-13-12-17-15-28-22-7-2-1-6-21(17)22/h1-11,14-15,28H,12-13H2,(H2,27,29,30,31). The monoisotopic (exact) mass is 478 g/mol. The first-order valence-electron chi connectivity index (χ1n) is 9.77. The van der Waals surface area contributed by atoms with Gasteiger partial charge in [-0.05, 0) is 60.5 Å². The second kappa shape index (κ2) is 9.57. The van der Waals surface area contributed by atoms with Crippen LogP contribution in [0.2, 0.25) is 0 Å². The van der Waals surface area contributed by atoms with E-state index in [-0.39, 0.29) is 11.7 Å². The maximum absolute atomic E-state index is 13.2. The Labute approximate surface area is 187 Å². The number of aliphatic imine (C=N–C) groups is 1. The van der Waals surface area contributed by atoms with E-state index in [2.05, 4.69) is 42.6 Å². The van der Waals surface area contributed by atoms with Crippen molar-refractivity contribution in [2.24, 2.45) is 4.99 Å². The lowest BCUT2D eigenvalue weighted by molar-refractivity contribution is 0.0977. The zero-order chi connectivity index (χ0) is 21.6. The lowest BCUT2D eigenvalue weighted by Crippen LogP contribution is -2.36. The van der Waals surface area contributed by atoms with Crippen molar-refractivity contribution in [2.45, 2.75) is 6.42 Å². The van der Waals surface area contributed by atoms with Gasteiger partial charge in [-0.3, -0.25) is 15.1 Å². The van der Waals surface area contributed by atoms with E-state index in [1.165, 1.54) is 12.1 Å². The summed E-state index contributed by atoms with van der Waals surface area (Å²) >= 11 is 3.38. The highest BCUT2D eigenvalue weighted by molar-refractivity contribution is 9.10. The van der Waals surface area contributed by atoms with Crippen LogP contribution in [-0.2, 0) is 6.42 Å². The summed E-state index contributed by atoms with van der Waals surface area (Å²) < 4.78 is 14.1. The number of aromatic nitrogens is 1. The van der Waals surface area contributed by atoms with Crippen LogP contribution in [0.3, 0.4) is 0 Å². The molecule has 0 unspecified atom stereocenters. The van der Waals surface area contributed by atoms with Crippen LogP contribution in [0.5, 0.6) is 0 Å². The Hall–Kier alpha value is -3.45. The Bertz CT molecular complexity index is 1230. The summed E-state index contributed by atoms with van der Waals surface area (Å²) in [6, 6.07) is 21.1. The maximum Gasteiger partial charge on any atom is 0.257 e. The number of rotatable bonds is 5. The van der Waals surface area contributed by atoms with Crippen LogP contribution >= 0.6 is 15.9 Å². The van der Waals surface area contributed by atoms with Gasteiger partial charge in [-0.2, -0.15) is 0 Å². The van der Waals surface area contributed by atoms with Crippen LogP contribution in [0.15, 0.2) is 88.5 Å². The van der Waals surface area contributed by atoms with Crippen molar-refractivity contribution in [3.63, 3.8) is 0 Å². The van der Waals surface area contributed by atoms with Gasteiger partial charge in [0.15, 0.2) is 0 Å². The van der Waals surface area contributed by atoms with Gasteiger partial charge in [0, 0.05) is 39.4 Å². The molecule has 4 aromatic rings. The summed E-state index contributed by atoms with van der Waals surface area (Å²) in [5.41, 5.74) is 3.36. The minimum Gasteiger partial charge on any atom is -0.361 e. The van der Waals surface area contributed by atoms with E-state index < -0.39 is 0 Å². The van der Waals surface area contributed by atoms with Crippen LogP contribution in [0.25, 0.3) is 10.9 Å². The number of fused-ring (bicyclic) bond motifs is 1. The molecule has 3 aromatic carbocycles. The number of H-pyrrole nitrogens is 1. The highest BCUT2D eigenvalue weighted by Crippen LogP contribution is 2.18. The van der Waals surface area contributed by atoms with Crippen molar-refractivity contribution in [3.05, 3.63) is 100 Å². The first kappa shape index (κ1) is 20.8. The fourth-order valence-electron chi connectivity index (χ4n) is 3.22. The smallest absolute Gasteiger partial charge is 0.257 e. The minimum absolute atomic E-state index is 0.290. The summed E-state index contributed by atoms with van der Waals surface area (Å²) in [6.07, 6.45) is 2.68. The normalized spacial score (nSPS) is 11.5. The van der Waals surface area contributed by atoms with Crippen LogP contribution in [0.1, 0.15) is 15.9 Å². The predicted octanol–water partition coefficient (Wildman–Crippen LogP) is 5.51. The number of amides is 1. The molecule has 31 heavy (non-hydrogen) atoms. The lowest BCUT2D eigenvalue weighted by atomic mass is 10.1. The SMILES string of the molecule is O=C(NC(=NCCc1c[nH]c2ccccc12)Nc1ccc(F)cc1)c1cccc(Br)c1. The zero-order valence-corrected chi connectivity index (χ0v) is 18.1. The topological polar surface area (TPSA) is 69.3 Å². The number of benzene rings is 3. The molecule has 0 spiro atoms. The molecule has 0 fully saturated rings. The van der Waals surface area contributed by atoms with Gasteiger partial charge >= 0.3 is 0 Å². The second-order valence-electron chi connectivity index (χ2n) is 6.94.